The van der Waals surface area contributed by atoms with Gasteiger partial charge >= 0.3 is 11.7 Å². The summed E-state index contributed by atoms with van der Waals surface area (Å²) < 4.78 is 11.7. The van der Waals surface area contributed by atoms with Crippen LogP contribution >= 0.6 is 0 Å². The summed E-state index contributed by atoms with van der Waals surface area (Å²) in [5.74, 6) is 0.894. The Hall–Kier alpha value is -3.27. The molecule has 3 rings (SSSR count). The first kappa shape index (κ1) is 24.4. The van der Waals surface area contributed by atoms with Crippen molar-refractivity contribution in [3.05, 3.63) is 46.1 Å². The van der Waals surface area contributed by atoms with Crippen LogP contribution in [0.1, 0.15) is 50.4 Å². The largest absolute Gasteiger partial charge is 0.478 e. The number of carboxylic acids is 1. The summed E-state index contributed by atoms with van der Waals surface area (Å²) in [6.45, 7) is 7.45. The molecule has 178 valence electrons. The highest BCUT2D eigenvalue weighted by molar-refractivity contribution is 5.87. The van der Waals surface area contributed by atoms with Crippen molar-refractivity contribution in [2.45, 2.75) is 46.1 Å². The van der Waals surface area contributed by atoms with Crippen LogP contribution < -0.4 is 10.1 Å². The third-order valence-corrected chi connectivity index (χ3v) is 5.93. The first-order chi connectivity index (χ1) is 15.7. The Labute approximate surface area is 192 Å². The number of nitrogens with one attached hydrogen (secondary N) is 1. The maximum atomic E-state index is 11.4. The molecule has 0 radical (unpaired) electrons. The number of carbonyl (C=O) groups is 1. The third kappa shape index (κ3) is 6.61. The standard InChI is InChI=1S/C23H30N4O6/c1-14(2)17-6-4-15(3)12-19(17)32-11-10-24-22-18(27(30)31)7-9-21(26-22)33-20-8-5-16(13-25-20)23(28)29/h5,7-9,13-15,17,19H,4,6,10-12H2,1-3H3,(H,24,26)(H,28,29). The molecule has 0 spiro atoms. The van der Waals surface area contributed by atoms with E-state index in [9.17, 15) is 14.9 Å². The molecule has 3 atom stereocenters. The van der Waals surface area contributed by atoms with E-state index in [0.29, 0.717) is 30.9 Å². The Morgan fingerprint density at radius 1 is 1.27 bits per heavy atom. The number of rotatable bonds is 10. The second-order valence-electron chi connectivity index (χ2n) is 8.73. The molecule has 2 aromatic rings. The zero-order valence-corrected chi connectivity index (χ0v) is 19.1. The monoisotopic (exact) mass is 458 g/mol. The minimum absolute atomic E-state index is 0.0217. The molecule has 1 aliphatic carbocycles. The van der Waals surface area contributed by atoms with E-state index in [1.165, 1.54) is 30.7 Å². The Morgan fingerprint density at radius 2 is 2.03 bits per heavy atom. The number of aromatic nitrogens is 2. The Balaban J connectivity index is 1.62. The maximum absolute atomic E-state index is 11.4. The molecule has 0 bridgehead atoms. The zero-order chi connectivity index (χ0) is 24.0. The summed E-state index contributed by atoms with van der Waals surface area (Å²) in [5.41, 5.74) is -0.156. The summed E-state index contributed by atoms with van der Waals surface area (Å²) in [6, 6.07) is 5.41. The number of anilines is 1. The van der Waals surface area contributed by atoms with Crippen LogP contribution in [-0.4, -0.2) is 45.2 Å². The third-order valence-electron chi connectivity index (χ3n) is 5.93. The first-order valence-electron chi connectivity index (χ1n) is 11.1. The van der Waals surface area contributed by atoms with E-state index >= 15 is 0 Å². The van der Waals surface area contributed by atoms with Gasteiger partial charge in [-0.15, -0.1) is 0 Å². The number of nitrogens with zero attached hydrogens (tertiary/aromatic N) is 3. The fraction of sp³-hybridized carbons (Fsp3) is 0.522. The molecule has 2 heterocycles. The van der Waals surface area contributed by atoms with E-state index in [1.54, 1.807) is 0 Å². The van der Waals surface area contributed by atoms with Gasteiger partial charge in [0.25, 0.3) is 0 Å². The number of hydrogen-bond donors (Lipinski definition) is 2. The van der Waals surface area contributed by atoms with Gasteiger partial charge in [-0.05, 0) is 36.7 Å². The van der Waals surface area contributed by atoms with Crippen LogP contribution in [-0.2, 0) is 4.74 Å². The van der Waals surface area contributed by atoms with Crippen LogP contribution in [0.5, 0.6) is 11.8 Å². The van der Waals surface area contributed by atoms with E-state index in [4.69, 9.17) is 14.6 Å². The molecule has 33 heavy (non-hydrogen) atoms. The first-order valence-corrected chi connectivity index (χ1v) is 11.1. The smallest absolute Gasteiger partial charge is 0.337 e. The topological polar surface area (TPSA) is 137 Å². The molecule has 2 N–H and O–H groups in total. The van der Waals surface area contributed by atoms with Crippen molar-refractivity contribution in [2.24, 2.45) is 17.8 Å². The molecule has 0 saturated heterocycles. The van der Waals surface area contributed by atoms with Crippen molar-refractivity contribution in [1.82, 2.24) is 9.97 Å². The number of hydrogen-bond acceptors (Lipinski definition) is 8. The average Bonchev–Trinajstić information content (AvgIpc) is 2.77. The van der Waals surface area contributed by atoms with Gasteiger partial charge in [-0.1, -0.05) is 27.2 Å². The van der Waals surface area contributed by atoms with Crippen LogP contribution in [0.2, 0.25) is 0 Å². The van der Waals surface area contributed by atoms with Crippen molar-refractivity contribution in [1.29, 1.82) is 0 Å². The van der Waals surface area contributed by atoms with Crippen molar-refractivity contribution in [3.8, 4) is 11.8 Å². The van der Waals surface area contributed by atoms with Crippen molar-refractivity contribution in [3.63, 3.8) is 0 Å². The van der Waals surface area contributed by atoms with Gasteiger partial charge in [0, 0.05) is 30.9 Å². The SMILES string of the molecule is CC1CCC(C(C)C)C(OCCNc2nc(Oc3ccc(C(=O)O)cn3)ccc2[N+](=O)[O-])C1. The van der Waals surface area contributed by atoms with Crippen LogP contribution in [0.3, 0.4) is 0 Å². The molecular weight excluding hydrogens is 428 g/mol. The number of nitro groups is 1. The summed E-state index contributed by atoms with van der Waals surface area (Å²) in [7, 11) is 0. The van der Waals surface area contributed by atoms with Gasteiger partial charge < -0.3 is 19.9 Å². The molecule has 10 nitrogen and oxygen atoms in total. The normalized spacial score (nSPS) is 20.4. The molecule has 0 amide bonds. The highest BCUT2D eigenvalue weighted by Gasteiger charge is 2.31. The van der Waals surface area contributed by atoms with Crippen LogP contribution in [0.4, 0.5) is 11.5 Å². The number of carboxylic acid groups (broad SMARTS) is 1. The van der Waals surface area contributed by atoms with Crippen molar-refractivity contribution >= 4 is 17.5 Å². The van der Waals surface area contributed by atoms with E-state index in [0.717, 1.165) is 19.0 Å². The lowest BCUT2D eigenvalue weighted by molar-refractivity contribution is -0.384. The molecular formula is C23H30N4O6. The van der Waals surface area contributed by atoms with Gasteiger partial charge in [-0.2, -0.15) is 4.98 Å². The predicted octanol–water partition coefficient (Wildman–Crippen LogP) is 4.76. The Morgan fingerprint density at radius 3 is 2.67 bits per heavy atom. The van der Waals surface area contributed by atoms with Crippen LogP contribution in [0.25, 0.3) is 0 Å². The average molecular weight is 459 g/mol. The lowest BCUT2D eigenvalue weighted by atomic mass is 9.75. The second-order valence-corrected chi connectivity index (χ2v) is 8.73. The quantitative estimate of drug-likeness (QED) is 0.293. The maximum Gasteiger partial charge on any atom is 0.337 e. The fourth-order valence-electron chi connectivity index (χ4n) is 4.13. The lowest BCUT2D eigenvalue weighted by Crippen LogP contribution is -2.35. The molecule has 0 aliphatic heterocycles. The van der Waals surface area contributed by atoms with E-state index < -0.39 is 10.9 Å². The molecule has 1 saturated carbocycles. The number of ether oxygens (including phenoxy) is 2. The predicted molar refractivity (Wildman–Crippen MR) is 122 cm³/mol. The van der Waals surface area contributed by atoms with Crippen LogP contribution in [0, 0.1) is 27.9 Å². The minimum atomic E-state index is -1.10. The Bertz CT molecular complexity index is 966. The second kappa shape index (κ2) is 11.0. The highest BCUT2D eigenvalue weighted by Crippen LogP contribution is 2.35. The minimum Gasteiger partial charge on any atom is -0.478 e. The molecule has 2 aromatic heterocycles. The molecule has 1 fully saturated rings. The van der Waals surface area contributed by atoms with Gasteiger partial charge in [0.1, 0.15) is 0 Å². The zero-order valence-electron chi connectivity index (χ0n) is 19.1. The van der Waals surface area contributed by atoms with Gasteiger partial charge in [0.15, 0.2) is 0 Å². The summed E-state index contributed by atoms with van der Waals surface area (Å²) in [5, 5.41) is 23.3. The molecule has 1 aliphatic rings. The molecule has 10 heteroatoms. The molecule has 3 unspecified atom stereocenters. The van der Waals surface area contributed by atoms with Gasteiger partial charge in [-0.3, -0.25) is 10.1 Å². The molecule has 0 aromatic carbocycles. The van der Waals surface area contributed by atoms with Crippen molar-refractivity contribution < 1.29 is 24.3 Å². The van der Waals surface area contributed by atoms with Gasteiger partial charge in [-0.25, -0.2) is 9.78 Å². The number of aromatic carboxylic acids is 1. The lowest BCUT2D eigenvalue weighted by Gasteiger charge is -2.37. The summed E-state index contributed by atoms with van der Waals surface area (Å²) >= 11 is 0. The van der Waals surface area contributed by atoms with Gasteiger partial charge in [0.2, 0.25) is 17.6 Å². The fourth-order valence-corrected chi connectivity index (χ4v) is 4.13. The van der Waals surface area contributed by atoms with E-state index in [1.807, 2.05) is 0 Å². The van der Waals surface area contributed by atoms with E-state index in [-0.39, 0.29) is 34.9 Å². The highest BCUT2D eigenvalue weighted by atomic mass is 16.6. The summed E-state index contributed by atoms with van der Waals surface area (Å²) in [6.07, 6.45) is 4.75. The van der Waals surface area contributed by atoms with Gasteiger partial charge in [0.05, 0.1) is 23.2 Å². The van der Waals surface area contributed by atoms with Crippen molar-refractivity contribution in [2.75, 3.05) is 18.5 Å². The summed E-state index contributed by atoms with van der Waals surface area (Å²) in [4.78, 5) is 29.9. The Kier molecular flexibility index (Phi) is 8.16. The van der Waals surface area contributed by atoms with Crippen LogP contribution in [0.15, 0.2) is 30.5 Å². The van der Waals surface area contributed by atoms with E-state index in [2.05, 4.69) is 36.1 Å². The number of pyridine rings is 2.